The Balaban J connectivity index is 1.61. The van der Waals surface area contributed by atoms with Crippen LogP contribution < -0.4 is 11.1 Å². The van der Waals surface area contributed by atoms with Crippen LogP contribution in [0.15, 0.2) is 55.1 Å². The monoisotopic (exact) mass is 467 g/mol. The van der Waals surface area contributed by atoms with Gasteiger partial charge in [0.25, 0.3) is 5.91 Å². The van der Waals surface area contributed by atoms with Crippen molar-refractivity contribution in [1.29, 1.82) is 0 Å². The highest BCUT2D eigenvalue weighted by Gasteiger charge is 2.36. The van der Waals surface area contributed by atoms with Crippen LogP contribution in [0.2, 0.25) is 5.02 Å². The minimum Gasteiger partial charge on any atom is -0.350 e. The number of nitrogens with two attached hydrogens (primary N) is 1. The van der Waals surface area contributed by atoms with E-state index in [4.69, 9.17) is 17.3 Å². The lowest BCUT2D eigenvalue weighted by molar-refractivity contribution is -0.125. The van der Waals surface area contributed by atoms with Crippen LogP contribution in [0.5, 0.6) is 0 Å². The fourth-order valence-corrected chi connectivity index (χ4v) is 4.58. The van der Waals surface area contributed by atoms with Gasteiger partial charge in [-0.3, -0.25) is 9.59 Å². The molecule has 174 valence electrons. The number of imidazole rings is 1. The van der Waals surface area contributed by atoms with E-state index < -0.39 is 6.04 Å². The fraction of sp³-hybridized carbons (Fsp3) is 0.400. The van der Waals surface area contributed by atoms with Gasteiger partial charge in [0.1, 0.15) is 0 Å². The number of hydrogen-bond donors (Lipinski definition) is 2. The summed E-state index contributed by atoms with van der Waals surface area (Å²) in [7, 11) is 0. The maximum atomic E-state index is 13.5. The Morgan fingerprint density at radius 2 is 2.03 bits per heavy atom. The molecule has 0 unspecified atom stereocenters. The number of rotatable bonds is 4. The average Bonchev–Trinajstić information content (AvgIpc) is 3.26. The second-order valence-electron chi connectivity index (χ2n) is 9.77. The van der Waals surface area contributed by atoms with Crippen molar-refractivity contribution < 1.29 is 9.59 Å². The number of amides is 2. The predicted octanol–water partition coefficient (Wildman–Crippen LogP) is 3.48. The van der Waals surface area contributed by atoms with Gasteiger partial charge in [-0.25, -0.2) is 4.98 Å². The van der Waals surface area contributed by atoms with Crippen molar-refractivity contribution in [3.63, 3.8) is 0 Å². The second kappa shape index (κ2) is 9.15. The molecule has 4 rings (SSSR count). The number of nitrogens with zero attached hydrogens (tertiary/aromatic N) is 3. The Bertz CT molecular complexity index is 1170. The molecule has 1 saturated heterocycles. The quantitative estimate of drug-likeness (QED) is 0.614. The van der Waals surface area contributed by atoms with E-state index in [1.165, 1.54) is 0 Å². The first-order valence-electron chi connectivity index (χ1n) is 11.2. The molecular weight excluding hydrogens is 438 g/mol. The highest BCUT2D eigenvalue weighted by atomic mass is 35.5. The van der Waals surface area contributed by atoms with E-state index in [-0.39, 0.29) is 29.2 Å². The summed E-state index contributed by atoms with van der Waals surface area (Å²) in [4.78, 5) is 32.4. The van der Waals surface area contributed by atoms with E-state index in [2.05, 4.69) is 10.3 Å². The first-order chi connectivity index (χ1) is 15.6. The van der Waals surface area contributed by atoms with Gasteiger partial charge in [-0.05, 0) is 41.7 Å². The van der Waals surface area contributed by atoms with Crippen LogP contribution >= 0.6 is 11.6 Å². The Labute approximate surface area is 198 Å². The van der Waals surface area contributed by atoms with Crippen molar-refractivity contribution in [3.05, 3.63) is 71.3 Å². The van der Waals surface area contributed by atoms with Crippen LogP contribution in [0.25, 0.3) is 5.52 Å². The maximum absolute atomic E-state index is 13.5. The zero-order valence-electron chi connectivity index (χ0n) is 19.2. The van der Waals surface area contributed by atoms with Gasteiger partial charge in [0.05, 0.1) is 35.7 Å². The third kappa shape index (κ3) is 4.89. The summed E-state index contributed by atoms with van der Waals surface area (Å²) in [6.45, 7) is 6.77. The molecule has 0 bridgehead atoms. The van der Waals surface area contributed by atoms with Gasteiger partial charge >= 0.3 is 0 Å². The first-order valence-corrected chi connectivity index (χ1v) is 11.5. The molecule has 2 amide bonds. The van der Waals surface area contributed by atoms with Gasteiger partial charge in [0.2, 0.25) is 5.91 Å². The summed E-state index contributed by atoms with van der Waals surface area (Å²) in [5.41, 5.74) is 8.25. The lowest BCUT2D eigenvalue weighted by atomic mass is 9.83. The summed E-state index contributed by atoms with van der Waals surface area (Å²) in [6.07, 6.45) is 5.92. The highest BCUT2D eigenvalue weighted by Crippen LogP contribution is 2.31. The zero-order valence-corrected chi connectivity index (χ0v) is 19.9. The number of nitrogens with one attached hydrogen (secondary N) is 1. The molecule has 1 aliphatic rings. The maximum Gasteiger partial charge on any atom is 0.256 e. The van der Waals surface area contributed by atoms with E-state index in [1.54, 1.807) is 17.4 Å². The molecule has 1 fully saturated rings. The van der Waals surface area contributed by atoms with Crippen molar-refractivity contribution in [3.8, 4) is 0 Å². The summed E-state index contributed by atoms with van der Waals surface area (Å²) in [5.74, 6) is -0.272. The van der Waals surface area contributed by atoms with Crippen LogP contribution in [-0.2, 0) is 4.79 Å². The SMILES string of the molecule is CC(C)(C)[C@H](N)C(=O)N[C@@H]1CN(C(=O)c2cccn3cncc23)CC[C@H]1c1cccc(Cl)c1. The average molecular weight is 468 g/mol. The topological polar surface area (TPSA) is 92.7 Å². The standard InChI is InChI=1S/C25H30ClN5O2/c1-25(2,3)22(27)23(32)29-20-14-30(11-9-18(20)16-6-4-7-17(26)12-16)24(33)19-8-5-10-31-15-28-13-21(19)31/h4-8,10,12-13,15,18,20,22H,9,11,14,27H2,1-3H3,(H,29,32)/t18-,20+,22+/m0/s1. The number of aromatic nitrogens is 2. The minimum absolute atomic E-state index is 0.0228. The molecule has 1 aromatic carbocycles. The molecule has 7 nitrogen and oxygen atoms in total. The van der Waals surface area contributed by atoms with Crippen LogP contribution in [0.3, 0.4) is 0 Å². The number of benzene rings is 1. The lowest BCUT2D eigenvalue weighted by Gasteiger charge is -2.40. The van der Waals surface area contributed by atoms with Gasteiger partial charge in [-0.15, -0.1) is 0 Å². The number of carbonyl (C=O) groups excluding carboxylic acids is 2. The summed E-state index contributed by atoms with van der Waals surface area (Å²) in [5, 5.41) is 3.79. The number of fused-ring (bicyclic) bond motifs is 1. The molecule has 0 spiro atoms. The summed E-state index contributed by atoms with van der Waals surface area (Å²) in [6, 6.07) is 10.4. The van der Waals surface area contributed by atoms with Crippen molar-refractivity contribution in [1.82, 2.24) is 19.6 Å². The molecule has 8 heteroatoms. The first kappa shape index (κ1) is 23.3. The number of piperidine rings is 1. The Morgan fingerprint density at radius 1 is 1.24 bits per heavy atom. The van der Waals surface area contributed by atoms with Gasteiger partial charge in [-0.2, -0.15) is 0 Å². The second-order valence-corrected chi connectivity index (χ2v) is 10.2. The lowest BCUT2D eigenvalue weighted by Crippen LogP contribution is -2.58. The minimum atomic E-state index is -0.663. The molecule has 2 aromatic heterocycles. The smallest absolute Gasteiger partial charge is 0.256 e. The Morgan fingerprint density at radius 3 is 2.76 bits per heavy atom. The van der Waals surface area contributed by atoms with Crippen molar-refractivity contribution in [2.45, 2.75) is 45.2 Å². The van der Waals surface area contributed by atoms with Gasteiger partial charge in [0.15, 0.2) is 0 Å². The summed E-state index contributed by atoms with van der Waals surface area (Å²) >= 11 is 6.25. The molecule has 3 atom stereocenters. The van der Waals surface area contributed by atoms with Crippen LogP contribution in [0.4, 0.5) is 0 Å². The number of hydrogen-bond acceptors (Lipinski definition) is 4. The number of pyridine rings is 1. The highest BCUT2D eigenvalue weighted by molar-refractivity contribution is 6.30. The third-order valence-corrected chi connectivity index (χ3v) is 6.64. The number of likely N-dealkylation sites (tertiary alicyclic amines) is 1. The third-order valence-electron chi connectivity index (χ3n) is 6.40. The van der Waals surface area contributed by atoms with E-state index in [9.17, 15) is 9.59 Å². The van der Waals surface area contributed by atoms with Crippen molar-refractivity contribution >= 4 is 28.9 Å². The van der Waals surface area contributed by atoms with Gasteiger partial charge in [0, 0.05) is 30.2 Å². The van der Waals surface area contributed by atoms with Crippen LogP contribution in [0, 0.1) is 5.41 Å². The molecule has 33 heavy (non-hydrogen) atoms. The molecule has 0 radical (unpaired) electrons. The predicted molar refractivity (Wildman–Crippen MR) is 129 cm³/mol. The largest absolute Gasteiger partial charge is 0.350 e. The number of carbonyl (C=O) groups is 2. The van der Waals surface area contributed by atoms with E-state index in [0.29, 0.717) is 30.1 Å². The summed E-state index contributed by atoms with van der Waals surface area (Å²) < 4.78 is 1.83. The fourth-order valence-electron chi connectivity index (χ4n) is 4.39. The van der Waals surface area contributed by atoms with Gasteiger partial charge in [-0.1, -0.05) is 44.5 Å². The molecule has 3 N–H and O–H groups in total. The molecule has 3 heterocycles. The van der Waals surface area contributed by atoms with E-state index >= 15 is 0 Å². The van der Waals surface area contributed by atoms with E-state index in [1.807, 2.05) is 67.8 Å². The van der Waals surface area contributed by atoms with Crippen LogP contribution in [0.1, 0.15) is 49.0 Å². The normalized spacial score (nSPS) is 20.0. The molecule has 1 aliphatic heterocycles. The molecule has 0 aliphatic carbocycles. The zero-order chi connectivity index (χ0) is 23.8. The number of halogens is 1. The Hall–Kier alpha value is -2.90. The van der Waals surface area contributed by atoms with Crippen molar-refractivity contribution in [2.24, 2.45) is 11.1 Å². The molecule has 0 saturated carbocycles. The molecular formula is C25H30ClN5O2. The van der Waals surface area contributed by atoms with Gasteiger partial charge < -0.3 is 20.4 Å². The van der Waals surface area contributed by atoms with Crippen LogP contribution in [-0.4, -0.2) is 51.3 Å². The van der Waals surface area contributed by atoms with E-state index in [0.717, 1.165) is 11.1 Å². The Kier molecular flexibility index (Phi) is 6.45. The van der Waals surface area contributed by atoms with Crippen molar-refractivity contribution in [2.75, 3.05) is 13.1 Å². The molecule has 3 aromatic rings.